The third-order valence-corrected chi connectivity index (χ3v) is 22.7. The van der Waals surface area contributed by atoms with Crippen LogP contribution in [0.4, 0.5) is 0 Å². The average molecular weight is 1380 g/mol. The number of nitrogens with zero attached hydrogens (tertiary/aromatic N) is 6. The van der Waals surface area contributed by atoms with E-state index < -0.39 is 5.60 Å². The van der Waals surface area contributed by atoms with Crippen molar-refractivity contribution in [3.05, 3.63) is 276 Å². The van der Waals surface area contributed by atoms with Crippen molar-refractivity contribution in [2.75, 3.05) is 65.4 Å². The smallest absolute Gasteiger partial charge is 0.0920 e. The molecule has 0 spiro atoms. The third kappa shape index (κ3) is 20.3. The number of aliphatic hydroxyl groups is 6. The molecule has 6 aliphatic rings. The number of aliphatic hydroxyl groups excluding tert-OH is 5. The summed E-state index contributed by atoms with van der Waals surface area (Å²) < 4.78 is 0. The Balaban J connectivity index is 0.000000133. The summed E-state index contributed by atoms with van der Waals surface area (Å²) >= 11 is 0. The van der Waals surface area contributed by atoms with Crippen molar-refractivity contribution in [1.29, 1.82) is 0 Å². The molecule has 0 aromatic heterocycles. The standard InChI is InChI=1S/C21H29NO.C19H23NO.C15H17NO.C13H19NO.2C11H15NO/c1-15(18-12-8-10-16-9-6-7-11-19(16)18)22-20(2,3)13-17(23)14-21(22,4)5;1-16(17-8-4-2-5-9-17)20-14-12-19(21,13-15-20)18-10-6-3-7-11-18;1-11(16-9-13(17)10-16)14-8-4-6-12-5-2-3-7-15(12)14;1-11(12-5-3-2-4-6-12)14-9-7-13(15)8-10-14;2*1-9(12-7-11(13)8-12)10-5-3-2-4-6-10/h6-12,15,17,23H,13-14H2,1-5H3;2-11,16,21H,12-15H2,1H3;2-8,11,13,17H,9-10H2,1H3;2-6,11,13,15H,7-10H2,1H3;2*2-6,9,11,13H,7-8H2,1H3/t;;11-;;9-;/m..0.0./s1. The number of benzene rings is 9. The lowest BCUT2D eigenvalue weighted by Gasteiger charge is -2.57. The summed E-state index contributed by atoms with van der Waals surface area (Å²) in [6.45, 7) is 31.2. The normalized spacial score (nSPS) is 21.1. The maximum atomic E-state index is 10.9. The molecule has 6 atom stereocenters. The van der Waals surface area contributed by atoms with Gasteiger partial charge in [0.25, 0.3) is 0 Å². The lowest BCUT2D eigenvalue weighted by Crippen LogP contribution is -2.62. The van der Waals surface area contributed by atoms with Crippen LogP contribution in [0.1, 0.15) is 183 Å². The highest BCUT2D eigenvalue weighted by atomic mass is 16.3. The average Bonchev–Trinajstić information content (AvgIpc) is 0.761. The molecule has 9 aromatic carbocycles. The Kier molecular flexibility index (Phi) is 27.5. The first kappa shape index (κ1) is 77.6. The number of rotatable bonds is 13. The highest BCUT2D eigenvalue weighted by molar-refractivity contribution is 5.87. The topological polar surface area (TPSA) is 141 Å². The summed E-state index contributed by atoms with van der Waals surface area (Å²) in [7, 11) is 0. The Bertz CT molecular complexity index is 3820. The van der Waals surface area contributed by atoms with Gasteiger partial charge in [-0.25, -0.2) is 0 Å². The Morgan fingerprint density at radius 2 is 0.598 bits per heavy atom. The van der Waals surface area contributed by atoms with E-state index in [0.717, 1.165) is 110 Å². The number of hydrogen-bond acceptors (Lipinski definition) is 12. The Labute approximate surface area is 610 Å². The molecule has 544 valence electrons. The maximum Gasteiger partial charge on any atom is 0.0920 e. The largest absolute Gasteiger partial charge is 0.393 e. The Hall–Kier alpha value is -6.98. The van der Waals surface area contributed by atoms with Gasteiger partial charge in [-0.05, 0) is 168 Å². The van der Waals surface area contributed by atoms with Crippen molar-refractivity contribution in [2.24, 2.45) is 0 Å². The van der Waals surface area contributed by atoms with Gasteiger partial charge in [0.05, 0.1) is 36.1 Å². The molecule has 12 heteroatoms. The zero-order chi connectivity index (χ0) is 72.6. The fourth-order valence-electron chi connectivity index (χ4n) is 16.6. The number of hydrogen-bond donors (Lipinski definition) is 6. The number of fused-ring (bicyclic) bond motifs is 2. The predicted molar refractivity (Wildman–Crippen MR) is 420 cm³/mol. The second-order valence-corrected chi connectivity index (χ2v) is 30.9. The van der Waals surface area contributed by atoms with Gasteiger partial charge in [-0.2, -0.15) is 0 Å². The van der Waals surface area contributed by atoms with E-state index in [4.69, 9.17) is 0 Å². The zero-order valence-corrected chi connectivity index (χ0v) is 62.5. The minimum absolute atomic E-state index is 0.0302. The molecule has 102 heavy (non-hydrogen) atoms. The minimum atomic E-state index is -0.659. The van der Waals surface area contributed by atoms with Crippen LogP contribution in [-0.2, 0) is 5.60 Å². The van der Waals surface area contributed by atoms with E-state index >= 15 is 0 Å². The fourth-order valence-corrected chi connectivity index (χ4v) is 16.6. The minimum Gasteiger partial charge on any atom is -0.393 e. The van der Waals surface area contributed by atoms with Crippen molar-refractivity contribution >= 4 is 21.5 Å². The lowest BCUT2D eigenvalue weighted by molar-refractivity contribution is -0.102. The molecule has 0 bridgehead atoms. The molecule has 6 saturated heterocycles. The summed E-state index contributed by atoms with van der Waals surface area (Å²) in [6.07, 6.45) is 4.44. The molecule has 12 nitrogen and oxygen atoms in total. The van der Waals surface area contributed by atoms with Crippen LogP contribution in [0.5, 0.6) is 0 Å². The van der Waals surface area contributed by atoms with Gasteiger partial charge in [0, 0.05) is 113 Å². The van der Waals surface area contributed by atoms with Crippen LogP contribution in [0.25, 0.3) is 21.5 Å². The predicted octanol–water partition coefficient (Wildman–Crippen LogP) is 16.3. The number of piperidine rings is 3. The SMILES string of the molecule is CC(c1cccc2ccccc12)N1C(C)(C)CC(O)CC1(C)C.CC(c1ccccc1)N1CC(O)C1.CC(c1ccccc1)N1CCC(O)(c2ccccc2)CC1.CC(c1ccccc1)N1CCC(O)CC1.C[C@@H](c1cccc2ccccc12)N1CC(O)C1.C[C@@H](c1ccccc1)N1CC(O)C1. The van der Waals surface area contributed by atoms with Crippen LogP contribution >= 0.6 is 0 Å². The van der Waals surface area contributed by atoms with Crippen LogP contribution in [-0.4, -0.2) is 167 Å². The summed E-state index contributed by atoms with van der Waals surface area (Å²) in [6, 6.07) is 84.7. The van der Waals surface area contributed by atoms with Gasteiger partial charge in [0.15, 0.2) is 0 Å². The van der Waals surface area contributed by atoms with Gasteiger partial charge in [-0.15, -0.1) is 0 Å². The van der Waals surface area contributed by atoms with Gasteiger partial charge in [-0.1, -0.05) is 237 Å². The van der Waals surface area contributed by atoms with Crippen molar-refractivity contribution in [1.82, 2.24) is 29.4 Å². The molecular weight excluding hydrogens is 1260 g/mol. The first-order chi connectivity index (χ1) is 49.0. The first-order valence-electron chi connectivity index (χ1n) is 37.8. The first-order valence-corrected chi connectivity index (χ1v) is 37.8. The van der Waals surface area contributed by atoms with E-state index in [0.29, 0.717) is 36.3 Å². The van der Waals surface area contributed by atoms with Crippen LogP contribution in [0, 0.1) is 0 Å². The summed E-state index contributed by atoms with van der Waals surface area (Å²) in [5.74, 6) is 0. The van der Waals surface area contributed by atoms with E-state index in [2.05, 4.69) is 293 Å². The van der Waals surface area contributed by atoms with Gasteiger partial charge >= 0.3 is 0 Å². The maximum absolute atomic E-state index is 10.9. The highest BCUT2D eigenvalue weighted by Crippen LogP contribution is 2.46. The van der Waals surface area contributed by atoms with E-state index in [1.54, 1.807) is 0 Å². The van der Waals surface area contributed by atoms with E-state index in [9.17, 15) is 30.6 Å². The van der Waals surface area contributed by atoms with Crippen molar-refractivity contribution in [3.63, 3.8) is 0 Å². The molecular formula is C90H118N6O6. The Morgan fingerprint density at radius 3 is 0.961 bits per heavy atom. The van der Waals surface area contributed by atoms with Crippen LogP contribution in [0.2, 0.25) is 0 Å². The van der Waals surface area contributed by atoms with Crippen LogP contribution < -0.4 is 0 Å². The summed E-state index contributed by atoms with van der Waals surface area (Å²) in [5.41, 5.74) is 8.44. The van der Waals surface area contributed by atoms with Gasteiger partial charge < -0.3 is 30.6 Å². The van der Waals surface area contributed by atoms with Gasteiger partial charge in [0.2, 0.25) is 0 Å². The van der Waals surface area contributed by atoms with Crippen molar-refractivity contribution in [3.8, 4) is 0 Å². The summed E-state index contributed by atoms with van der Waals surface area (Å²) in [4.78, 5) is 14.4. The number of β-amino-alcohol motifs (C(OH)–C–C–N with tert-alkyl or cyclic N) is 3. The molecule has 0 radical (unpaired) electrons. The van der Waals surface area contributed by atoms with Gasteiger partial charge in [-0.3, -0.25) is 29.4 Å². The molecule has 6 heterocycles. The molecule has 0 saturated carbocycles. The molecule has 6 N–H and O–H groups in total. The fraction of sp³-hybridized carbons (Fsp3) is 0.444. The van der Waals surface area contributed by atoms with Crippen LogP contribution in [0.15, 0.2) is 237 Å². The van der Waals surface area contributed by atoms with Crippen molar-refractivity contribution in [2.45, 2.75) is 191 Å². The molecule has 4 unspecified atom stereocenters. The van der Waals surface area contributed by atoms with E-state index in [1.807, 2.05) is 42.5 Å². The van der Waals surface area contributed by atoms with Crippen LogP contribution in [0.3, 0.4) is 0 Å². The molecule has 6 fully saturated rings. The molecule has 0 aliphatic carbocycles. The second-order valence-electron chi connectivity index (χ2n) is 30.9. The zero-order valence-electron chi connectivity index (χ0n) is 62.5. The molecule has 6 aliphatic heterocycles. The molecule has 15 rings (SSSR count). The van der Waals surface area contributed by atoms with Gasteiger partial charge in [0.1, 0.15) is 0 Å². The summed E-state index contributed by atoms with van der Waals surface area (Å²) in [5, 5.41) is 63.6. The third-order valence-electron chi connectivity index (χ3n) is 22.7. The highest BCUT2D eigenvalue weighted by Gasteiger charge is 2.47. The number of likely N-dealkylation sites (tertiary alicyclic amines) is 6. The van der Waals surface area contributed by atoms with E-state index in [-0.39, 0.29) is 41.6 Å². The monoisotopic (exact) mass is 1380 g/mol. The quantitative estimate of drug-likeness (QED) is 0.0655. The Morgan fingerprint density at radius 1 is 0.304 bits per heavy atom. The van der Waals surface area contributed by atoms with Crippen molar-refractivity contribution < 1.29 is 30.6 Å². The second kappa shape index (κ2) is 36.1. The van der Waals surface area contributed by atoms with E-state index in [1.165, 1.54) is 54.9 Å². The lowest BCUT2D eigenvalue weighted by atomic mass is 9.76. The molecule has 9 aromatic rings. The molecule has 0 amide bonds.